The number of hydrogen-bond acceptors (Lipinski definition) is 3. The topological polar surface area (TPSA) is 55.4 Å². The van der Waals surface area contributed by atoms with Crippen molar-refractivity contribution in [2.45, 2.75) is 5.75 Å². The zero-order chi connectivity index (χ0) is 19.2. The summed E-state index contributed by atoms with van der Waals surface area (Å²) in [5.41, 5.74) is -0.305. The van der Waals surface area contributed by atoms with Crippen molar-refractivity contribution in [3.05, 3.63) is 65.2 Å². The number of sulfonamides is 1. The molecule has 2 rings (SSSR count). The lowest BCUT2D eigenvalue weighted by atomic mass is 10.2. The molecule has 2 aromatic carbocycles. The highest BCUT2D eigenvalue weighted by Crippen LogP contribution is 2.17. The molecule has 0 saturated carbocycles. The van der Waals surface area contributed by atoms with Crippen molar-refractivity contribution in [2.24, 2.45) is 0 Å². The zero-order valence-corrected chi connectivity index (χ0v) is 14.0. The van der Waals surface area contributed by atoms with Crippen molar-refractivity contribution < 1.29 is 30.7 Å². The highest BCUT2D eigenvalue weighted by atomic mass is 32.2. The third-order valence-electron chi connectivity index (χ3n) is 3.05. The smallest absolute Gasteiger partial charge is 0.216 e. The Morgan fingerprint density at radius 3 is 2.35 bits per heavy atom. The van der Waals surface area contributed by atoms with Crippen LogP contribution in [0.2, 0.25) is 0 Å². The fraction of sp³-hybridized carbons (Fsp3) is 0.176. The van der Waals surface area contributed by atoms with E-state index in [1.165, 1.54) is 0 Å². The van der Waals surface area contributed by atoms with E-state index in [4.69, 9.17) is 4.74 Å². The molecular formula is C17H13F4NO3S. The van der Waals surface area contributed by atoms with Crippen LogP contribution in [0.25, 0.3) is 0 Å². The van der Waals surface area contributed by atoms with Gasteiger partial charge in [-0.05, 0) is 30.3 Å². The van der Waals surface area contributed by atoms with Crippen molar-refractivity contribution in [3.63, 3.8) is 0 Å². The van der Waals surface area contributed by atoms with Crippen LogP contribution in [0.15, 0.2) is 36.4 Å². The van der Waals surface area contributed by atoms with Crippen LogP contribution in [0.5, 0.6) is 5.75 Å². The van der Waals surface area contributed by atoms with Gasteiger partial charge in [-0.1, -0.05) is 11.8 Å². The molecule has 1 N–H and O–H groups in total. The first-order chi connectivity index (χ1) is 12.3. The molecule has 0 heterocycles. The van der Waals surface area contributed by atoms with Gasteiger partial charge in [-0.15, -0.1) is 0 Å². The molecule has 0 amide bonds. The van der Waals surface area contributed by atoms with E-state index in [1.54, 1.807) is 0 Å². The summed E-state index contributed by atoms with van der Waals surface area (Å²) in [6.45, 7) is -0.544. The molecule has 2 aromatic rings. The minimum absolute atomic E-state index is 0.192. The van der Waals surface area contributed by atoms with Crippen molar-refractivity contribution >= 4 is 10.0 Å². The summed E-state index contributed by atoms with van der Waals surface area (Å²) in [5.74, 6) is 0.717. The highest BCUT2D eigenvalue weighted by Gasteiger charge is 2.14. The molecule has 0 spiro atoms. The van der Waals surface area contributed by atoms with Gasteiger partial charge in [0, 0.05) is 11.6 Å². The number of ether oxygens (including phenoxy) is 1. The Labute approximate surface area is 147 Å². The minimum Gasteiger partial charge on any atom is -0.478 e. The van der Waals surface area contributed by atoms with Crippen LogP contribution in [-0.2, 0) is 15.8 Å². The molecule has 9 heteroatoms. The second-order valence-corrected chi connectivity index (χ2v) is 6.84. The van der Waals surface area contributed by atoms with Gasteiger partial charge in [-0.25, -0.2) is 30.7 Å². The summed E-state index contributed by atoms with van der Waals surface area (Å²) in [5, 5.41) is 0. The van der Waals surface area contributed by atoms with E-state index < -0.39 is 39.0 Å². The lowest BCUT2D eigenvalue weighted by molar-refractivity contribution is 0.346. The van der Waals surface area contributed by atoms with Crippen LogP contribution in [-0.4, -0.2) is 21.6 Å². The molecule has 0 aliphatic carbocycles. The molecule has 4 nitrogen and oxygen atoms in total. The summed E-state index contributed by atoms with van der Waals surface area (Å²) in [4.78, 5) is 0. The molecule has 0 atom stereocenters. The lowest BCUT2D eigenvalue weighted by Crippen LogP contribution is -2.26. The second-order valence-electron chi connectivity index (χ2n) is 5.03. The van der Waals surface area contributed by atoms with E-state index in [2.05, 4.69) is 16.6 Å². The van der Waals surface area contributed by atoms with E-state index in [0.717, 1.165) is 30.3 Å². The molecule has 0 unspecified atom stereocenters. The van der Waals surface area contributed by atoms with E-state index in [9.17, 15) is 26.0 Å². The second kappa shape index (κ2) is 8.69. The van der Waals surface area contributed by atoms with Crippen molar-refractivity contribution in [1.29, 1.82) is 0 Å². The summed E-state index contributed by atoms with van der Waals surface area (Å²) >= 11 is 0. The standard InChI is InChI=1S/C17H13F4NO3S/c18-13-3-5-15(20)12(9-13)11-26(23,24)22-7-1-2-8-25-17-6-4-14(19)10-16(17)21/h3-6,9-10,22H,7-8,11H2. The monoisotopic (exact) mass is 387 g/mol. The average Bonchev–Trinajstić information content (AvgIpc) is 2.55. The van der Waals surface area contributed by atoms with E-state index in [-0.39, 0.29) is 24.5 Å². The summed E-state index contributed by atoms with van der Waals surface area (Å²) in [6, 6.07) is 5.29. The Morgan fingerprint density at radius 1 is 0.923 bits per heavy atom. The maximum Gasteiger partial charge on any atom is 0.216 e. The molecule has 0 saturated heterocycles. The molecule has 0 aliphatic heterocycles. The van der Waals surface area contributed by atoms with Gasteiger partial charge < -0.3 is 4.74 Å². The third kappa shape index (κ3) is 6.06. The molecule has 0 aromatic heterocycles. The van der Waals surface area contributed by atoms with Crippen LogP contribution in [0.3, 0.4) is 0 Å². The summed E-state index contributed by atoms with van der Waals surface area (Å²) in [7, 11) is -3.93. The predicted octanol–water partition coefficient (Wildman–Crippen LogP) is 2.74. The number of nitrogens with one attached hydrogen (secondary N) is 1. The van der Waals surface area contributed by atoms with Crippen LogP contribution in [0, 0.1) is 35.1 Å². The number of benzene rings is 2. The Kier molecular flexibility index (Phi) is 6.60. The van der Waals surface area contributed by atoms with E-state index >= 15 is 0 Å². The highest BCUT2D eigenvalue weighted by molar-refractivity contribution is 7.88. The van der Waals surface area contributed by atoms with E-state index in [1.807, 2.05) is 0 Å². The number of rotatable bonds is 6. The normalized spacial score (nSPS) is 10.9. The SMILES string of the molecule is O=S(=O)(Cc1cc(F)ccc1F)NCC#CCOc1ccc(F)cc1F. The largest absolute Gasteiger partial charge is 0.478 e. The maximum absolute atomic E-state index is 13.4. The molecule has 0 radical (unpaired) electrons. The van der Waals surface area contributed by atoms with Crippen LogP contribution in [0.4, 0.5) is 17.6 Å². The quantitative estimate of drug-likeness (QED) is 0.613. The van der Waals surface area contributed by atoms with Gasteiger partial charge in [-0.3, -0.25) is 0 Å². The minimum atomic E-state index is -3.93. The molecule has 138 valence electrons. The molecule has 0 aliphatic rings. The Morgan fingerprint density at radius 2 is 1.62 bits per heavy atom. The van der Waals surface area contributed by atoms with Gasteiger partial charge in [0.2, 0.25) is 10.0 Å². The van der Waals surface area contributed by atoms with Crippen LogP contribution >= 0.6 is 0 Å². The third-order valence-corrected chi connectivity index (χ3v) is 4.33. The van der Waals surface area contributed by atoms with E-state index in [0.29, 0.717) is 6.07 Å². The Balaban J connectivity index is 1.83. The van der Waals surface area contributed by atoms with Crippen LogP contribution < -0.4 is 9.46 Å². The predicted molar refractivity (Wildman–Crippen MR) is 86.6 cm³/mol. The van der Waals surface area contributed by atoms with Gasteiger partial charge in [0.25, 0.3) is 0 Å². The molecule has 0 bridgehead atoms. The maximum atomic E-state index is 13.4. The number of hydrogen-bond donors (Lipinski definition) is 1. The van der Waals surface area contributed by atoms with Gasteiger partial charge in [0.15, 0.2) is 11.6 Å². The van der Waals surface area contributed by atoms with Crippen molar-refractivity contribution in [3.8, 4) is 17.6 Å². The van der Waals surface area contributed by atoms with Gasteiger partial charge in [0.1, 0.15) is 24.1 Å². The first kappa shape index (κ1) is 19.8. The van der Waals surface area contributed by atoms with Crippen LogP contribution in [0.1, 0.15) is 5.56 Å². The fourth-order valence-corrected chi connectivity index (χ4v) is 2.90. The van der Waals surface area contributed by atoms with Gasteiger partial charge in [0.05, 0.1) is 12.3 Å². The first-order valence-electron chi connectivity index (χ1n) is 7.22. The summed E-state index contributed by atoms with van der Waals surface area (Å²) < 4.78 is 83.2. The first-order valence-corrected chi connectivity index (χ1v) is 8.87. The zero-order valence-electron chi connectivity index (χ0n) is 13.2. The van der Waals surface area contributed by atoms with Crippen molar-refractivity contribution in [2.75, 3.05) is 13.2 Å². The van der Waals surface area contributed by atoms with Crippen molar-refractivity contribution in [1.82, 2.24) is 4.72 Å². The van der Waals surface area contributed by atoms with Gasteiger partial charge in [-0.2, -0.15) is 0 Å². The summed E-state index contributed by atoms with van der Waals surface area (Å²) in [6.07, 6.45) is 0. The number of halogens is 4. The lowest BCUT2D eigenvalue weighted by Gasteiger charge is -2.05. The Bertz CT molecular complexity index is 952. The molecule has 0 fully saturated rings. The van der Waals surface area contributed by atoms with Gasteiger partial charge >= 0.3 is 0 Å². The fourth-order valence-electron chi connectivity index (χ4n) is 1.88. The average molecular weight is 387 g/mol. The Hall–Kier alpha value is -2.57. The molecular weight excluding hydrogens is 374 g/mol. The molecule has 26 heavy (non-hydrogen) atoms.